The number of nitrogens with zero attached hydrogens (tertiary/aromatic N) is 2. The third-order valence-corrected chi connectivity index (χ3v) is 3.65. The minimum absolute atomic E-state index is 0.226. The van der Waals surface area contributed by atoms with E-state index in [1.54, 1.807) is 12.5 Å². The van der Waals surface area contributed by atoms with Gasteiger partial charge in [0.15, 0.2) is 0 Å². The number of carbonyl (C=O) groups excluding carboxylic acids is 1. The molecule has 0 bridgehead atoms. The summed E-state index contributed by atoms with van der Waals surface area (Å²) in [5.41, 5.74) is 3.68. The number of carbonyl (C=O) groups is 1. The van der Waals surface area contributed by atoms with Gasteiger partial charge in [-0.25, -0.2) is 4.98 Å². The Balaban J connectivity index is 1.60. The molecule has 2 heterocycles. The van der Waals surface area contributed by atoms with Crippen molar-refractivity contribution in [3.63, 3.8) is 0 Å². The molecule has 0 saturated heterocycles. The number of hydrogen-bond donors (Lipinski definition) is 1. The molecule has 0 saturated carbocycles. The molecule has 0 aliphatic carbocycles. The van der Waals surface area contributed by atoms with Gasteiger partial charge in [-0.15, -0.1) is 0 Å². The molecule has 4 nitrogen and oxygen atoms in total. The van der Waals surface area contributed by atoms with E-state index in [4.69, 9.17) is 0 Å². The minimum atomic E-state index is 0.226. The average Bonchev–Trinajstić information content (AvgIpc) is 2.97. The Morgan fingerprint density at radius 1 is 1.32 bits per heavy atom. The van der Waals surface area contributed by atoms with Gasteiger partial charge in [0.1, 0.15) is 0 Å². The Morgan fingerprint density at radius 2 is 2.16 bits per heavy atom. The number of rotatable bonds is 3. The Kier molecular flexibility index (Phi) is 3.31. The van der Waals surface area contributed by atoms with Crippen molar-refractivity contribution >= 4 is 5.91 Å². The van der Waals surface area contributed by atoms with E-state index in [2.05, 4.69) is 28.2 Å². The molecule has 0 fully saturated rings. The molecule has 1 aliphatic heterocycles. The summed E-state index contributed by atoms with van der Waals surface area (Å²) in [5, 5.41) is 0. The first-order valence-corrected chi connectivity index (χ1v) is 6.65. The van der Waals surface area contributed by atoms with Gasteiger partial charge in [-0.3, -0.25) is 4.79 Å². The maximum absolute atomic E-state index is 12.2. The Hall–Kier alpha value is -2.10. The topological polar surface area (TPSA) is 49.0 Å². The van der Waals surface area contributed by atoms with Crippen molar-refractivity contribution in [1.29, 1.82) is 0 Å². The van der Waals surface area contributed by atoms with Gasteiger partial charge in [0, 0.05) is 31.4 Å². The highest BCUT2D eigenvalue weighted by atomic mass is 16.2. The summed E-state index contributed by atoms with van der Waals surface area (Å²) in [4.78, 5) is 21.1. The minimum Gasteiger partial charge on any atom is -0.348 e. The molecule has 1 N–H and O–H groups in total. The third-order valence-electron chi connectivity index (χ3n) is 3.65. The molecule has 19 heavy (non-hydrogen) atoms. The lowest BCUT2D eigenvalue weighted by Gasteiger charge is -2.28. The molecule has 1 aromatic carbocycles. The van der Waals surface area contributed by atoms with Crippen molar-refractivity contribution in [1.82, 2.24) is 14.9 Å². The normalized spacial score (nSPS) is 14.2. The molecule has 1 aliphatic rings. The fourth-order valence-electron chi connectivity index (χ4n) is 2.53. The summed E-state index contributed by atoms with van der Waals surface area (Å²) >= 11 is 0. The Morgan fingerprint density at radius 3 is 2.95 bits per heavy atom. The fraction of sp³-hybridized carbons (Fsp3) is 0.333. The molecule has 0 unspecified atom stereocenters. The highest BCUT2D eigenvalue weighted by Crippen LogP contribution is 2.19. The van der Waals surface area contributed by atoms with E-state index in [0.29, 0.717) is 6.42 Å². The smallest absolute Gasteiger partial charge is 0.223 e. The molecular formula is C15H17N3O. The lowest BCUT2D eigenvalue weighted by atomic mass is 9.99. The zero-order chi connectivity index (χ0) is 13.1. The number of aromatic amines is 1. The number of aryl methyl sites for hydroxylation is 1. The fourth-order valence-corrected chi connectivity index (χ4v) is 2.53. The van der Waals surface area contributed by atoms with Crippen LogP contribution >= 0.6 is 0 Å². The zero-order valence-electron chi connectivity index (χ0n) is 10.8. The largest absolute Gasteiger partial charge is 0.348 e. The van der Waals surface area contributed by atoms with E-state index in [-0.39, 0.29) is 5.91 Å². The van der Waals surface area contributed by atoms with E-state index in [0.717, 1.165) is 31.6 Å². The van der Waals surface area contributed by atoms with Crippen LogP contribution in [0.1, 0.15) is 23.2 Å². The van der Waals surface area contributed by atoms with Gasteiger partial charge >= 0.3 is 0 Å². The average molecular weight is 255 g/mol. The van der Waals surface area contributed by atoms with Gasteiger partial charge in [0.05, 0.1) is 6.33 Å². The number of nitrogens with one attached hydrogen (secondary N) is 1. The van der Waals surface area contributed by atoms with Crippen molar-refractivity contribution in [3.05, 3.63) is 53.6 Å². The van der Waals surface area contributed by atoms with E-state index < -0.39 is 0 Å². The van der Waals surface area contributed by atoms with E-state index in [1.165, 1.54) is 11.1 Å². The number of H-pyrrole nitrogens is 1. The Bertz CT molecular complexity index is 563. The summed E-state index contributed by atoms with van der Waals surface area (Å²) in [6.07, 6.45) is 5.67. The summed E-state index contributed by atoms with van der Waals surface area (Å²) in [6.45, 7) is 1.58. The van der Waals surface area contributed by atoms with Crippen LogP contribution in [-0.2, 0) is 24.2 Å². The monoisotopic (exact) mass is 255 g/mol. The van der Waals surface area contributed by atoms with Gasteiger partial charge in [-0.05, 0) is 24.0 Å². The van der Waals surface area contributed by atoms with Crippen LogP contribution < -0.4 is 0 Å². The highest BCUT2D eigenvalue weighted by Gasteiger charge is 2.19. The SMILES string of the molecule is O=C(CCc1cnc[nH]1)N1CCc2ccccc2C1. The predicted molar refractivity (Wildman–Crippen MR) is 72.5 cm³/mol. The molecular weight excluding hydrogens is 238 g/mol. The molecule has 98 valence electrons. The molecule has 0 radical (unpaired) electrons. The van der Waals surface area contributed by atoms with E-state index >= 15 is 0 Å². The van der Waals surface area contributed by atoms with Crippen molar-refractivity contribution in [2.24, 2.45) is 0 Å². The lowest BCUT2D eigenvalue weighted by Crippen LogP contribution is -2.36. The predicted octanol–water partition coefficient (Wildman–Crippen LogP) is 1.93. The molecule has 3 rings (SSSR count). The van der Waals surface area contributed by atoms with E-state index in [1.807, 2.05) is 11.0 Å². The molecule has 0 atom stereocenters. The van der Waals surface area contributed by atoms with Crippen LogP contribution in [0.4, 0.5) is 0 Å². The zero-order valence-corrected chi connectivity index (χ0v) is 10.8. The summed E-state index contributed by atoms with van der Waals surface area (Å²) < 4.78 is 0. The maximum Gasteiger partial charge on any atom is 0.223 e. The lowest BCUT2D eigenvalue weighted by molar-refractivity contribution is -0.132. The van der Waals surface area contributed by atoms with Crippen LogP contribution in [0.5, 0.6) is 0 Å². The van der Waals surface area contributed by atoms with Crippen LogP contribution in [-0.4, -0.2) is 27.3 Å². The van der Waals surface area contributed by atoms with Crippen LogP contribution in [0, 0.1) is 0 Å². The first-order valence-electron chi connectivity index (χ1n) is 6.65. The Labute approximate surface area is 112 Å². The molecule has 2 aromatic rings. The number of hydrogen-bond acceptors (Lipinski definition) is 2. The summed E-state index contributed by atoms with van der Waals surface area (Å²) in [5.74, 6) is 0.226. The van der Waals surface area contributed by atoms with Crippen molar-refractivity contribution in [3.8, 4) is 0 Å². The van der Waals surface area contributed by atoms with Crippen molar-refractivity contribution in [2.45, 2.75) is 25.8 Å². The molecule has 1 aromatic heterocycles. The van der Waals surface area contributed by atoms with Gasteiger partial charge in [0.25, 0.3) is 0 Å². The van der Waals surface area contributed by atoms with Crippen LogP contribution in [0.3, 0.4) is 0 Å². The van der Waals surface area contributed by atoms with Crippen LogP contribution in [0.25, 0.3) is 0 Å². The van der Waals surface area contributed by atoms with Gasteiger partial charge < -0.3 is 9.88 Å². The molecule has 0 spiro atoms. The number of fused-ring (bicyclic) bond motifs is 1. The molecule has 4 heteroatoms. The number of amides is 1. The second kappa shape index (κ2) is 5.26. The first kappa shape index (κ1) is 12.0. The maximum atomic E-state index is 12.2. The highest BCUT2D eigenvalue weighted by molar-refractivity contribution is 5.76. The number of imidazole rings is 1. The second-order valence-electron chi connectivity index (χ2n) is 4.91. The quantitative estimate of drug-likeness (QED) is 0.911. The summed E-state index contributed by atoms with van der Waals surface area (Å²) in [7, 11) is 0. The first-order chi connectivity index (χ1) is 9.33. The van der Waals surface area contributed by atoms with Crippen LogP contribution in [0.15, 0.2) is 36.8 Å². The van der Waals surface area contributed by atoms with Gasteiger partial charge in [-0.2, -0.15) is 0 Å². The van der Waals surface area contributed by atoms with Gasteiger partial charge in [0.2, 0.25) is 5.91 Å². The van der Waals surface area contributed by atoms with Gasteiger partial charge in [-0.1, -0.05) is 24.3 Å². The summed E-state index contributed by atoms with van der Waals surface area (Å²) in [6, 6.07) is 8.37. The van der Waals surface area contributed by atoms with E-state index in [9.17, 15) is 4.79 Å². The standard InChI is InChI=1S/C15H17N3O/c19-15(6-5-14-9-16-11-17-14)18-8-7-12-3-1-2-4-13(12)10-18/h1-4,9,11H,5-8,10H2,(H,16,17). The number of aromatic nitrogens is 2. The van der Waals surface area contributed by atoms with Crippen molar-refractivity contribution < 1.29 is 4.79 Å². The number of benzene rings is 1. The second-order valence-corrected chi connectivity index (χ2v) is 4.91. The van der Waals surface area contributed by atoms with Crippen LogP contribution in [0.2, 0.25) is 0 Å². The third kappa shape index (κ3) is 2.67. The van der Waals surface area contributed by atoms with Crippen molar-refractivity contribution in [2.75, 3.05) is 6.54 Å². The molecule has 1 amide bonds.